The minimum Gasteiger partial charge on any atom is -0.481 e. The fourth-order valence-corrected chi connectivity index (χ4v) is 14.9. The average Bonchev–Trinajstić information content (AvgIpc) is 2.77. The van der Waals surface area contributed by atoms with Gasteiger partial charge in [0.25, 0.3) is 0 Å². The van der Waals surface area contributed by atoms with Crippen molar-refractivity contribution in [3.8, 4) is 0 Å². The topological polar surface area (TPSA) is 74.6 Å². The maximum atomic E-state index is 13.3. The van der Waals surface area contributed by atoms with Crippen LogP contribution in [0.3, 0.4) is 0 Å². The van der Waals surface area contributed by atoms with Crippen molar-refractivity contribution in [2.75, 3.05) is 0 Å². The molecule has 0 amide bonds. The second-order valence-corrected chi connectivity index (χ2v) is 16.9. The van der Waals surface area contributed by atoms with Crippen LogP contribution < -0.4 is 0 Å². The highest BCUT2D eigenvalue weighted by molar-refractivity contribution is 5.77. The van der Waals surface area contributed by atoms with Crippen molar-refractivity contribution in [3.63, 3.8) is 0 Å². The first-order chi connectivity index (χ1) is 17.9. The van der Waals surface area contributed by atoms with E-state index < -0.39 is 22.8 Å². The van der Waals surface area contributed by atoms with Crippen LogP contribution in [0.15, 0.2) is 0 Å². The number of hydrogen-bond donors (Lipinski definition) is 2. The summed E-state index contributed by atoms with van der Waals surface area (Å²) in [6.07, 6.45) is 21.4. The molecule has 0 radical (unpaired) electrons. The van der Waals surface area contributed by atoms with Crippen molar-refractivity contribution in [2.45, 2.75) is 156 Å². The molecular weight excluding hydrogens is 472 g/mol. The molecule has 0 aromatic heterocycles. The molecule has 0 aromatic carbocycles. The molecule has 8 saturated carbocycles. The Bertz CT molecular complexity index is 886. The van der Waals surface area contributed by atoms with E-state index in [9.17, 15) is 19.8 Å². The van der Waals surface area contributed by atoms with Gasteiger partial charge in [0.2, 0.25) is 0 Å². The lowest BCUT2D eigenvalue weighted by molar-refractivity contribution is -0.306. The van der Waals surface area contributed by atoms with E-state index in [4.69, 9.17) is 0 Å². The quantitative estimate of drug-likeness (QED) is 0.282. The lowest BCUT2D eigenvalue weighted by Crippen LogP contribution is -2.73. The van der Waals surface area contributed by atoms with Crippen LogP contribution in [-0.2, 0) is 9.59 Å². The van der Waals surface area contributed by atoms with E-state index in [1.807, 2.05) is 0 Å². The zero-order valence-corrected chi connectivity index (χ0v) is 24.9. The van der Waals surface area contributed by atoms with Crippen molar-refractivity contribution >= 4 is 11.9 Å². The van der Waals surface area contributed by atoms with Gasteiger partial charge < -0.3 is 10.2 Å². The predicted molar refractivity (Wildman–Crippen MR) is 150 cm³/mol. The summed E-state index contributed by atoms with van der Waals surface area (Å²) in [7, 11) is 0. The number of carboxylic acids is 2. The third kappa shape index (κ3) is 3.45. The third-order valence-electron chi connectivity index (χ3n) is 13.7. The Morgan fingerprint density at radius 1 is 0.447 bits per heavy atom. The third-order valence-corrected chi connectivity index (χ3v) is 13.7. The summed E-state index contributed by atoms with van der Waals surface area (Å²) in [4.78, 5) is 26.6. The monoisotopic (exact) mass is 526 g/mol. The van der Waals surface area contributed by atoms with E-state index in [1.165, 1.54) is 38.5 Å². The fourth-order valence-electron chi connectivity index (χ4n) is 14.9. The second kappa shape index (κ2) is 8.25. The van der Waals surface area contributed by atoms with Gasteiger partial charge in [-0.3, -0.25) is 9.59 Å². The molecule has 4 unspecified atom stereocenters. The van der Waals surface area contributed by atoms with Gasteiger partial charge in [-0.1, -0.05) is 53.4 Å². The Balaban J connectivity index is 1.56. The van der Waals surface area contributed by atoms with Gasteiger partial charge in [-0.25, -0.2) is 0 Å². The van der Waals surface area contributed by atoms with Crippen LogP contribution in [0.1, 0.15) is 156 Å². The first kappa shape index (κ1) is 27.1. The summed E-state index contributed by atoms with van der Waals surface area (Å²) in [6.45, 7) is 9.17. The molecule has 214 valence electrons. The molecule has 8 aliphatic carbocycles. The maximum Gasteiger partial charge on any atom is 0.309 e. The Morgan fingerprint density at radius 2 is 0.711 bits per heavy atom. The molecule has 0 aromatic rings. The van der Waals surface area contributed by atoms with Gasteiger partial charge in [-0.05, 0) is 135 Å². The van der Waals surface area contributed by atoms with Gasteiger partial charge >= 0.3 is 11.9 Å². The molecule has 38 heavy (non-hydrogen) atoms. The van der Waals surface area contributed by atoms with E-state index in [-0.39, 0.29) is 32.5 Å². The van der Waals surface area contributed by atoms with Gasteiger partial charge in [0.15, 0.2) is 0 Å². The molecule has 8 fully saturated rings. The summed E-state index contributed by atoms with van der Waals surface area (Å²) in [5.41, 5.74) is -0.698. The molecule has 4 atom stereocenters. The van der Waals surface area contributed by atoms with E-state index in [0.29, 0.717) is 0 Å². The SMILES string of the molecule is CCCC12CC3(CCC)CC(C(=O)O)(C1)CC(C14CC5(CCC)CC(CCC)(CC(C(=O)O)(C5)C1)C4)(C2)C3. The highest BCUT2D eigenvalue weighted by Crippen LogP contribution is 2.86. The van der Waals surface area contributed by atoms with E-state index in [1.54, 1.807) is 0 Å². The molecule has 0 spiro atoms. The van der Waals surface area contributed by atoms with Crippen molar-refractivity contribution in [1.29, 1.82) is 0 Å². The minimum atomic E-state index is -0.603. The number of aliphatic carboxylic acids is 2. The maximum absolute atomic E-state index is 13.3. The Hall–Kier alpha value is -1.06. The highest BCUT2D eigenvalue weighted by Gasteiger charge is 2.79. The molecule has 4 heteroatoms. The summed E-state index contributed by atoms with van der Waals surface area (Å²) >= 11 is 0. The van der Waals surface area contributed by atoms with Crippen LogP contribution >= 0.6 is 0 Å². The van der Waals surface area contributed by atoms with Crippen molar-refractivity contribution in [2.24, 2.45) is 43.3 Å². The lowest BCUT2D eigenvalue weighted by Gasteiger charge is -2.80. The molecule has 2 N–H and O–H groups in total. The zero-order chi connectivity index (χ0) is 27.3. The highest BCUT2D eigenvalue weighted by atomic mass is 16.4. The van der Waals surface area contributed by atoms with Crippen molar-refractivity contribution in [1.82, 2.24) is 0 Å². The van der Waals surface area contributed by atoms with Gasteiger partial charge in [0.1, 0.15) is 0 Å². The first-order valence-electron chi connectivity index (χ1n) is 16.3. The summed E-state index contributed by atoms with van der Waals surface area (Å²) in [5, 5.41) is 21.9. The first-order valence-corrected chi connectivity index (χ1v) is 16.3. The molecule has 4 nitrogen and oxygen atoms in total. The minimum absolute atomic E-state index is 0.00950. The van der Waals surface area contributed by atoms with E-state index in [2.05, 4.69) is 27.7 Å². The smallest absolute Gasteiger partial charge is 0.309 e. The summed E-state index contributed by atoms with van der Waals surface area (Å²) in [5.74, 6) is -1.07. The molecule has 0 heterocycles. The van der Waals surface area contributed by atoms with Crippen molar-refractivity contribution in [3.05, 3.63) is 0 Å². The van der Waals surface area contributed by atoms with Crippen LogP contribution in [-0.4, -0.2) is 22.2 Å². The zero-order valence-electron chi connectivity index (χ0n) is 24.9. The van der Waals surface area contributed by atoms with Crippen LogP contribution in [0.4, 0.5) is 0 Å². The molecular formula is C34H54O4. The Kier molecular flexibility index (Phi) is 5.89. The van der Waals surface area contributed by atoms with Gasteiger partial charge in [-0.2, -0.15) is 0 Å². The normalized spacial score (nSPS) is 52.0. The van der Waals surface area contributed by atoms with E-state index >= 15 is 0 Å². The standard InChI is InChI=1S/C34H54O4/c1-5-9-27-13-28(10-6-2)16-31(15-27,25(35)36)23-33(19-27,20-28)34-21-29(11-7-3)14-30(22-34,12-8-4)18-32(17-29,24-34)26(37)38/h5-24H2,1-4H3,(H,35,36)(H,37,38). The van der Waals surface area contributed by atoms with Crippen molar-refractivity contribution < 1.29 is 19.8 Å². The molecule has 8 bridgehead atoms. The van der Waals surface area contributed by atoms with Crippen LogP contribution in [0, 0.1) is 43.3 Å². The van der Waals surface area contributed by atoms with Gasteiger partial charge in [-0.15, -0.1) is 0 Å². The van der Waals surface area contributed by atoms with E-state index in [0.717, 1.165) is 89.9 Å². The molecule has 8 aliphatic rings. The molecule has 0 saturated heterocycles. The average molecular weight is 527 g/mol. The van der Waals surface area contributed by atoms with Crippen LogP contribution in [0.25, 0.3) is 0 Å². The summed E-state index contributed by atoms with van der Waals surface area (Å²) < 4.78 is 0. The second-order valence-electron chi connectivity index (χ2n) is 16.9. The van der Waals surface area contributed by atoms with Crippen LogP contribution in [0.2, 0.25) is 0 Å². The fraction of sp³-hybridized carbons (Fsp3) is 0.941. The Labute approximate surface area is 231 Å². The molecule has 0 aliphatic heterocycles. The number of hydrogen-bond acceptors (Lipinski definition) is 2. The predicted octanol–water partition coefficient (Wildman–Crippen LogP) is 9.01. The van der Waals surface area contributed by atoms with Gasteiger partial charge in [0.05, 0.1) is 10.8 Å². The van der Waals surface area contributed by atoms with Gasteiger partial charge in [0, 0.05) is 0 Å². The number of rotatable bonds is 11. The summed E-state index contributed by atoms with van der Waals surface area (Å²) in [6, 6.07) is 0. The largest absolute Gasteiger partial charge is 0.481 e. The number of carbonyl (C=O) groups is 2. The molecule has 8 rings (SSSR count). The lowest BCUT2D eigenvalue weighted by atomic mass is 9.24. The van der Waals surface area contributed by atoms with Crippen LogP contribution in [0.5, 0.6) is 0 Å². The Morgan fingerprint density at radius 3 is 0.921 bits per heavy atom. The number of carboxylic acid groups (broad SMARTS) is 2.